The lowest BCUT2D eigenvalue weighted by molar-refractivity contribution is -0.870. The second-order valence-electron chi connectivity index (χ2n) is 20.6. The second kappa shape index (κ2) is 51.6. The molecule has 0 aliphatic heterocycles. The number of likely N-dealkylation sites (N-methyl/N-ethyl adjacent to an activating group) is 1. The topological polar surface area (TPSA) is 108 Å². The van der Waals surface area contributed by atoms with Crippen molar-refractivity contribution in [3.63, 3.8) is 0 Å². The van der Waals surface area contributed by atoms with Crippen molar-refractivity contribution in [2.45, 2.75) is 270 Å². The zero-order chi connectivity index (χ0) is 50.6. The van der Waals surface area contributed by atoms with Crippen molar-refractivity contribution < 1.29 is 42.9 Å². The van der Waals surface area contributed by atoms with Crippen LogP contribution in [-0.4, -0.2) is 87.4 Å². The third-order valence-corrected chi connectivity index (χ3v) is 12.6. The summed E-state index contributed by atoms with van der Waals surface area (Å²) in [5, 5.41) is 9.69. The highest BCUT2D eigenvalue weighted by Crippen LogP contribution is 2.16. The summed E-state index contributed by atoms with van der Waals surface area (Å²) < 4.78 is 22.9. The molecule has 0 amide bonds. The van der Waals surface area contributed by atoms with E-state index in [4.69, 9.17) is 18.9 Å². The van der Waals surface area contributed by atoms with E-state index < -0.39 is 24.3 Å². The van der Waals surface area contributed by atoms with Crippen LogP contribution in [0.15, 0.2) is 48.6 Å². The van der Waals surface area contributed by atoms with Gasteiger partial charge in [-0.1, -0.05) is 217 Å². The number of carboxylic acid groups (broad SMARTS) is 1. The Hall–Kier alpha value is -2.75. The number of carbonyl (C=O) groups excluding carboxylic acids is 2. The highest BCUT2D eigenvalue weighted by Gasteiger charge is 2.25. The van der Waals surface area contributed by atoms with Gasteiger partial charge in [0, 0.05) is 12.8 Å². The Balaban J connectivity index is 4.23. The van der Waals surface area contributed by atoms with Gasteiger partial charge in [-0.2, -0.15) is 0 Å². The first kappa shape index (κ1) is 66.2. The smallest absolute Gasteiger partial charge is 0.361 e. The number of aliphatic carboxylic acids is 1. The van der Waals surface area contributed by atoms with Gasteiger partial charge in [0.05, 0.1) is 34.4 Å². The van der Waals surface area contributed by atoms with Crippen LogP contribution in [0.4, 0.5) is 0 Å². The van der Waals surface area contributed by atoms with E-state index in [-0.39, 0.29) is 32.2 Å². The Bertz CT molecular complexity index is 1270. The Morgan fingerprint density at radius 1 is 0.435 bits per heavy atom. The predicted octanol–water partition coefficient (Wildman–Crippen LogP) is 16.7. The van der Waals surface area contributed by atoms with Gasteiger partial charge in [0.1, 0.15) is 13.2 Å². The fourth-order valence-electron chi connectivity index (χ4n) is 8.07. The molecule has 2 atom stereocenters. The number of ether oxygens (including phenoxy) is 4. The van der Waals surface area contributed by atoms with E-state index in [0.29, 0.717) is 17.4 Å². The van der Waals surface area contributed by atoms with Crippen molar-refractivity contribution >= 4 is 17.9 Å². The van der Waals surface area contributed by atoms with Crippen LogP contribution >= 0.6 is 0 Å². The van der Waals surface area contributed by atoms with Crippen molar-refractivity contribution in [1.29, 1.82) is 0 Å². The maximum atomic E-state index is 12.9. The van der Waals surface area contributed by atoms with E-state index in [1.54, 1.807) is 0 Å². The molecule has 9 nitrogen and oxygen atoms in total. The van der Waals surface area contributed by atoms with Crippen molar-refractivity contribution in [2.24, 2.45) is 0 Å². The highest BCUT2D eigenvalue weighted by molar-refractivity contribution is 5.71. The Labute approximate surface area is 425 Å². The molecule has 0 saturated carbocycles. The lowest BCUT2D eigenvalue weighted by atomic mass is 10.0. The predicted molar refractivity (Wildman–Crippen MR) is 290 cm³/mol. The zero-order valence-electron chi connectivity index (χ0n) is 45.7. The third-order valence-electron chi connectivity index (χ3n) is 12.6. The maximum absolute atomic E-state index is 12.9. The van der Waals surface area contributed by atoms with Crippen LogP contribution in [0, 0.1) is 0 Å². The van der Waals surface area contributed by atoms with Crippen LogP contribution in [0.1, 0.15) is 258 Å². The van der Waals surface area contributed by atoms with Crippen molar-refractivity contribution in [3.8, 4) is 0 Å². The van der Waals surface area contributed by atoms with Gasteiger partial charge in [0.15, 0.2) is 6.10 Å². The van der Waals surface area contributed by atoms with Gasteiger partial charge in [-0.3, -0.25) is 9.59 Å². The lowest BCUT2D eigenvalue weighted by Crippen LogP contribution is -2.40. The van der Waals surface area contributed by atoms with E-state index in [2.05, 4.69) is 62.5 Å². The van der Waals surface area contributed by atoms with Gasteiger partial charge >= 0.3 is 17.9 Å². The summed E-state index contributed by atoms with van der Waals surface area (Å²) in [6.07, 6.45) is 60.4. The van der Waals surface area contributed by atoms with E-state index in [0.717, 1.165) is 51.4 Å². The minimum atomic E-state index is -1.51. The van der Waals surface area contributed by atoms with Crippen molar-refractivity contribution in [2.75, 3.05) is 47.5 Å². The number of hydrogen-bond acceptors (Lipinski definition) is 7. The molecular formula is C60H110NO8+. The fraction of sp³-hybridized carbons (Fsp3) is 0.817. The number of carboxylic acids is 1. The number of esters is 2. The summed E-state index contributed by atoms with van der Waals surface area (Å²) >= 11 is 0. The Morgan fingerprint density at radius 2 is 0.783 bits per heavy atom. The molecule has 0 saturated heterocycles. The molecule has 0 bridgehead atoms. The normalized spacial score (nSPS) is 13.1. The third kappa shape index (κ3) is 52.9. The first-order valence-electron chi connectivity index (χ1n) is 28.8. The number of quaternary nitrogens is 1. The van der Waals surface area contributed by atoms with E-state index >= 15 is 0 Å². The van der Waals surface area contributed by atoms with E-state index in [1.165, 1.54) is 180 Å². The summed E-state index contributed by atoms with van der Waals surface area (Å²) in [6.45, 7) is 4.88. The van der Waals surface area contributed by atoms with Gasteiger partial charge < -0.3 is 28.5 Å². The molecule has 9 heteroatoms. The molecule has 0 aromatic carbocycles. The van der Waals surface area contributed by atoms with Crippen LogP contribution < -0.4 is 0 Å². The Morgan fingerprint density at radius 3 is 1.17 bits per heavy atom. The number of allylic oxidation sites excluding steroid dienone is 8. The van der Waals surface area contributed by atoms with Gasteiger partial charge in [0.25, 0.3) is 6.29 Å². The first-order valence-corrected chi connectivity index (χ1v) is 28.8. The highest BCUT2D eigenvalue weighted by atomic mass is 16.7. The molecule has 0 aliphatic rings. The number of unbranched alkanes of at least 4 members (excludes halogenated alkanes) is 30. The minimum Gasteiger partial charge on any atom is -0.477 e. The number of hydrogen-bond donors (Lipinski definition) is 1. The molecule has 0 aromatic rings. The average molecular weight is 974 g/mol. The van der Waals surface area contributed by atoms with Crippen LogP contribution in [0.5, 0.6) is 0 Å². The van der Waals surface area contributed by atoms with Gasteiger partial charge in [0.2, 0.25) is 0 Å². The summed E-state index contributed by atoms with van der Waals surface area (Å²) in [6, 6.07) is 0. The maximum Gasteiger partial charge on any atom is 0.361 e. The fourth-order valence-corrected chi connectivity index (χ4v) is 8.07. The average Bonchev–Trinajstić information content (AvgIpc) is 3.31. The largest absolute Gasteiger partial charge is 0.477 e. The molecule has 0 spiro atoms. The lowest BCUT2D eigenvalue weighted by Gasteiger charge is -2.25. The van der Waals surface area contributed by atoms with Crippen LogP contribution in [0.3, 0.4) is 0 Å². The minimum absolute atomic E-state index is 0.184. The van der Waals surface area contributed by atoms with Crippen molar-refractivity contribution in [3.05, 3.63) is 48.6 Å². The van der Waals surface area contributed by atoms with Crippen molar-refractivity contribution in [1.82, 2.24) is 0 Å². The van der Waals surface area contributed by atoms with Gasteiger partial charge in [-0.15, -0.1) is 0 Å². The van der Waals surface area contributed by atoms with Crippen LogP contribution in [0.25, 0.3) is 0 Å². The quantitative estimate of drug-likeness (QED) is 0.0211. The molecule has 0 radical (unpaired) electrons. The molecule has 0 aromatic heterocycles. The summed E-state index contributed by atoms with van der Waals surface area (Å²) in [7, 11) is 5.97. The molecule has 1 N–H and O–H groups in total. The number of carbonyl (C=O) groups is 3. The molecular weight excluding hydrogens is 863 g/mol. The van der Waals surface area contributed by atoms with E-state index in [9.17, 15) is 19.5 Å². The monoisotopic (exact) mass is 973 g/mol. The van der Waals surface area contributed by atoms with E-state index in [1.807, 2.05) is 21.1 Å². The number of rotatable bonds is 53. The molecule has 2 unspecified atom stereocenters. The van der Waals surface area contributed by atoms with Crippen LogP contribution in [0.2, 0.25) is 0 Å². The summed E-state index contributed by atoms with van der Waals surface area (Å²) in [4.78, 5) is 37.4. The zero-order valence-corrected chi connectivity index (χ0v) is 45.7. The standard InChI is InChI=1S/C60H109NO8/c1-6-8-10-12-14-16-18-20-22-24-25-26-27-28-29-30-31-32-33-35-37-39-41-43-45-47-49-51-58(63)69-56(55-68-60(59(64)65)66-53-52-61(3,4)5)54-67-57(62)50-48-46-44-42-40-38-36-34-23-21-19-17-15-13-11-9-7-2/h18,20-21,23-25,27-28,56,60H,6-17,19,22,26,29-55H2,1-5H3/p+1/b20-18-,23-21-,25-24-,28-27-. The Kier molecular flexibility index (Phi) is 49.5. The van der Waals surface area contributed by atoms with Gasteiger partial charge in [-0.05, 0) is 77.0 Å². The SMILES string of the molecule is CCCCCCC/C=C\C/C=C\C/C=C\CCCCCCCCCCCCCCC(=O)OC(COC(=O)CCCCCCCCC/C=C\CCCCCCCC)COC(OCC[N+](C)(C)C)C(=O)O. The summed E-state index contributed by atoms with van der Waals surface area (Å²) in [5.41, 5.74) is 0. The molecule has 402 valence electrons. The molecule has 0 rings (SSSR count). The molecule has 69 heavy (non-hydrogen) atoms. The summed E-state index contributed by atoms with van der Waals surface area (Å²) in [5.74, 6) is -2.00. The number of nitrogens with zero attached hydrogens (tertiary/aromatic N) is 1. The van der Waals surface area contributed by atoms with Crippen LogP contribution in [-0.2, 0) is 33.3 Å². The second-order valence-corrected chi connectivity index (χ2v) is 20.6. The molecule has 0 fully saturated rings. The first-order chi connectivity index (χ1) is 33.6. The molecule has 0 aliphatic carbocycles. The molecule has 0 heterocycles. The van der Waals surface area contributed by atoms with Gasteiger partial charge in [-0.25, -0.2) is 4.79 Å².